The first-order chi connectivity index (χ1) is 9.94. The zero-order chi connectivity index (χ0) is 15.5. The first-order valence-electron chi connectivity index (χ1n) is 6.27. The molecular formula is C12H17N3O5S. The lowest BCUT2D eigenvalue weighted by Crippen LogP contribution is -2.48. The number of morpholine rings is 1. The van der Waals surface area contributed by atoms with Gasteiger partial charge in [-0.25, -0.2) is 13.4 Å². The number of hydrogen-bond acceptors (Lipinski definition) is 6. The van der Waals surface area contributed by atoms with Crippen LogP contribution < -0.4 is 15.3 Å². The Morgan fingerprint density at radius 1 is 1.38 bits per heavy atom. The molecule has 1 aromatic carbocycles. The van der Waals surface area contributed by atoms with Gasteiger partial charge in [-0.2, -0.15) is 0 Å². The second-order valence-corrected chi connectivity index (χ2v) is 6.08. The van der Waals surface area contributed by atoms with Crippen LogP contribution >= 0.6 is 0 Å². The van der Waals surface area contributed by atoms with Crippen LogP contribution in [0.1, 0.15) is 10.4 Å². The molecule has 9 heteroatoms. The van der Waals surface area contributed by atoms with Crippen molar-refractivity contribution in [2.75, 3.05) is 33.4 Å². The fraction of sp³-hybridized carbons (Fsp3) is 0.417. The molecule has 2 rings (SSSR count). The number of nitrogens with zero attached hydrogens (tertiary/aromatic N) is 1. The first-order valence-corrected chi connectivity index (χ1v) is 7.75. The Hall–Kier alpha value is -1.68. The van der Waals surface area contributed by atoms with Crippen molar-refractivity contribution in [2.24, 2.45) is 5.73 Å². The van der Waals surface area contributed by atoms with E-state index in [1.165, 1.54) is 25.3 Å². The summed E-state index contributed by atoms with van der Waals surface area (Å²) in [5.41, 5.74) is 5.24. The maximum atomic E-state index is 12.3. The van der Waals surface area contributed by atoms with E-state index in [4.69, 9.17) is 15.2 Å². The molecule has 1 aliphatic heterocycles. The molecule has 21 heavy (non-hydrogen) atoms. The summed E-state index contributed by atoms with van der Waals surface area (Å²) in [6.45, 7) is 1.82. The number of nitrogens with two attached hydrogens (primary N) is 1. The minimum Gasteiger partial charge on any atom is -0.496 e. The van der Waals surface area contributed by atoms with Gasteiger partial charge in [-0.3, -0.25) is 4.79 Å². The number of carbonyl (C=O) groups excluding carboxylic acids is 1. The molecule has 1 heterocycles. The molecular weight excluding hydrogens is 298 g/mol. The maximum Gasteiger partial charge on any atom is 0.253 e. The van der Waals surface area contributed by atoms with Crippen molar-refractivity contribution in [3.63, 3.8) is 0 Å². The maximum absolute atomic E-state index is 12.3. The molecule has 0 aliphatic carbocycles. The van der Waals surface area contributed by atoms with Crippen LogP contribution in [0.5, 0.6) is 5.75 Å². The van der Waals surface area contributed by atoms with E-state index in [0.717, 1.165) is 0 Å². The van der Waals surface area contributed by atoms with Crippen molar-refractivity contribution in [1.29, 1.82) is 0 Å². The third kappa shape index (κ3) is 3.70. The Balaban J connectivity index is 2.27. The van der Waals surface area contributed by atoms with Crippen LogP contribution in [0.25, 0.3) is 0 Å². The summed E-state index contributed by atoms with van der Waals surface area (Å²) in [6, 6.07) is 3.95. The lowest BCUT2D eigenvalue weighted by molar-refractivity contribution is 0.0272. The number of hydrogen-bond donors (Lipinski definition) is 2. The van der Waals surface area contributed by atoms with E-state index in [1.54, 1.807) is 5.01 Å². The third-order valence-electron chi connectivity index (χ3n) is 3.01. The van der Waals surface area contributed by atoms with E-state index in [2.05, 4.69) is 4.83 Å². The Kier molecular flexibility index (Phi) is 4.78. The monoisotopic (exact) mass is 315 g/mol. The van der Waals surface area contributed by atoms with Crippen LogP contribution in [-0.4, -0.2) is 52.7 Å². The smallest absolute Gasteiger partial charge is 0.253 e. The van der Waals surface area contributed by atoms with Crippen molar-refractivity contribution in [2.45, 2.75) is 4.90 Å². The van der Waals surface area contributed by atoms with Gasteiger partial charge in [-0.15, -0.1) is 4.83 Å². The van der Waals surface area contributed by atoms with Gasteiger partial charge in [0.1, 0.15) is 5.75 Å². The molecule has 0 radical (unpaired) electrons. The summed E-state index contributed by atoms with van der Waals surface area (Å²) in [4.78, 5) is 13.7. The predicted molar refractivity (Wildman–Crippen MR) is 74.2 cm³/mol. The SMILES string of the molecule is COc1ccc(S(=O)(=O)NN2CCOCC2)cc1C(N)=O. The standard InChI is InChI=1S/C12H17N3O5S/c1-19-11-3-2-9(8-10(11)12(13)16)21(17,18)14-15-4-6-20-7-5-15/h2-3,8,14H,4-7H2,1H3,(H2,13,16). The van der Waals surface area contributed by atoms with Crippen LogP contribution in [0, 0.1) is 0 Å². The van der Waals surface area contributed by atoms with Crippen molar-refractivity contribution in [3.05, 3.63) is 23.8 Å². The molecule has 116 valence electrons. The highest BCUT2D eigenvalue weighted by atomic mass is 32.2. The topological polar surface area (TPSA) is 111 Å². The zero-order valence-corrected chi connectivity index (χ0v) is 12.4. The first kappa shape index (κ1) is 15.7. The summed E-state index contributed by atoms with van der Waals surface area (Å²) in [7, 11) is -2.41. The van der Waals surface area contributed by atoms with E-state index >= 15 is 0 Å². The fourth-order valence-electron chi connectivity index (χ4n) is 1.92. The van der Waals surface area contributed by atoms with Gasteiger partial charge in [-0.1, -0.05) is 0 Å². The Labute approximate surface area is 122 Å². The minimum atomic E-state index is -3.78. The largest absolute Gasteiger partial charge is 0.496 e. The highest BCUT2D eigenvalue weighted by Crippen LogP contribution is 2.22. The number of sulfonamides is 1. The number of benzene rings is 1. The molecule has 1 fully saturated rings. The normalized spacial score (nSPS) is 16.6. The Bertz CT molecular complexity index is 626. The van der Waals surface area contributed by atoms with Crippen LogP contribution in [0.2, 0.25) is 0 Å². The summed E-state index contributed by atoms with van der Waals surface area (Å²) in [5.74, 6) is -0.525. The van der Waals surface area contributed by atoms with E-state index in [-0.39, 0.29) is 16.2 Å². The van der Waals surface area contributed by atoms with Gasteiger partial charge in [0.15, 0.2) is 0 Å². The van der Waals surface area contributed by atoms with Gasteiger partial charge < -0.3 is 15.2 Å². The van der Waals surface area contributed by atoms with Crippen LogP contribution in [0.4, 0.5) is 0 Å². The zero-order valence-electron chi connectivity index (χ0n) is 11.5. The minimum absolute atomic E-state index is 0.0161. The van der Waals surface area contributed by atoms with Gasteiger partial charge in [0, 0.05) is 13.1 Å². The molecule has 3 N–H and O–H groups in total. The van der Waals surface area contributed by atoms with Crippen molar-refractivity contribution in [1.82, 2.24) is 9.84 Å². The molecule has 0 spiro atoms. The molecule has 1 aromatic rings. The summed E-state index contributed by atoms with van der Waals surface area (Å²) in [6.07, 6.45) is 0. The average Bonchev–Trinajstić information content (AvgIpc) is 2.47. The Morgan fingerprint density at radius 3 is 2.62 bits per heavy atom. The second-order valence-electron chi connectivity index (χ2n) is 4.42. The number of methoxy groups -OCH3 is 1. The van der Waals surface area contributed by atoms with E-state index in [0.29, 0.717) is 26.3 Å². The van der Waals surface area contributed by atoms with Crippen LogP contribution in [-0.2, 0) is 14.8 Å². The fourth-order valence-corrected chi connectivity index (χ4v) is 3.07. The Morgan fingerprint density at radius 2 is 2.05 bits per heavy atom. The molecule has 1 amide bonds. The quantitative estimate of drug-likeness (QED) is 0.745. The highest BCUT2D eigenvalue weighted by molar-refractivity contribution is 7.89. The third-order valence-corrected chi connectivity index (χ3v) is 4.38. The van der Waals surface area contributed by atoms with Crippen molar-refractivity contribution < 1.29 is 22.7 Å². The summed E-state index contributed by atoms with van der Waals surface area (Å²) in [5, 5.41) is 1.55. The number of nitrogens with one attached hydrogen (secondary N) is 1. The number of amides is 1. The van der Waals surface area contributed by atoms with Gasteiger partial charge >= 0.3 is 0 Å². The van der Waals surface area contributed by atoms with Crippen LogP contribution in [0.3, 0.4) is 0 Å². The highest BCUT2D eigenvalue weighted by Gasteiger charge is 2.22. The van der Waals surface area contributed by atoms with Gasteiger partial charge in [0.05, 0.1) is 30.8 Å². The average molecular weight is 315 g/mol. The molecule has 1 aliphatic rings. The number of primary amides is 1. The van der Waals surface area contributed by atoms with E-state index in [9.17, 15) is 13.2 Å². The molecule has 0 saturated carbocycles. The number of carbonyl (C=O) groups is 1. The molecule has 1 saturated heterocycles. The summed E-state index contributed by atoms with van der Waals surface area (Å²) >= 11 is 0. The lowest BCUT2D eigenvalue weighted by atomic mass is 10.2. The van der Waals surface area contributed by atoms with Crippen molar-refractivity contribution >= 4 is 15.9 Å². The van der Waals surface area contributed by atoms with E-state index in [1.807, 2.05) is 0 Å². The lowest BCUT2D eigenvalue weighted by Gasteiger charge is -2.26. The molecule has 0 bridgehead atoms. The predicted octanol–water partition coefficient (Wildman–Crippen LogP) is -0.680. The number of rotatable bonds is 5. The summed E-state index contributed by atoms with van der Waals surface area (Å²) < 4.78 is 34.7. The number of ether oxygens (including phenoxy) is 2. The second kappa shape index (κ2) is 6.39. The van der Waals surface area contributed by atoms with Gasteiger partial charge in [0.2, 0.25) is 0 Å². The van der Waals surface area contributed by atoms with E-state index < -0.39 is 15.9 Å². The molecule has 8 nitrogen and oxygen atoms in total. The molecule has 0 atom stereocenters. The molecule has 0 aromatic heterocycles. The molecule has 0 unspecified atom stereocenters. The van der Waals surface area contributed by atoms with Crippen molar-refractivity contribution in [3.8, 4) is 5.75 Å². The number of hydrazine groups is 1. The van der Waals surface area contributed by atoms with Gasteiger partial charge in [0.25, 0.3) is 15.9 Å². The van der Waals surface area contributed by atoms with Crippen LogP contribution in [0.15, 0.2) is 23.1 Å². The van der Waals surface area contributed by atoms with Gasteiger partial charge in [-0.05, 0) is 18.2 Å².